The van der Waals surface area contributed by atoms with E-state index in [4.69, 9.17) is 23.2 Å². The molecule has 0 saturated heterocycles. The Hall–Kier alpha value is -3.62. The molecule has 8 nitrogen and oxygen atoms in total. The normalized spacial score (nSPS) is 13.0. The fraction of sp³-hybridized carbons (Fsp3) is 0.0909. The summed E-state index contributed by atoms with van der Waals surface area (Å²) in [6, 6.07) is 9.86. The number of carbonyl (C=O) groups is 1. The molecular formula is C22H14Cl2N4O4. The van der Waals surface area contributed by atoms with Gasteiger partial charge in [-0.25, -0.2) is 4.99 Å². The molecule has 1 amide bonds. The number of benzene rings is 2. The molecule has 2 aromatic heterocycles. The summed E-state index contributed by atoms with van der Waals surface area (Å²) in [5.74, 6) is -1.04. The van der Waals surface area contributed by atoms with Gasteiger partial charge in [-0.05, 0) is 31.2 Å². The molecule has 4 aromatic rings. The van der Waals surface area contributed by atoms with Crippen LogP contribution in [0.5, 0.6) is 5.75 Å². The molecule has 10 heteroatoms. The Labute approximate surface area is 189 Å². The van der Waals surface area contributed by atoms with Crippen LogP contribution in [0.25, 0.3) is 27.7 Å². The number of aromatic hydroxyl groups is 1. The molecule has 2 aromatic carbocycles. The van der Waals surface area contributed by atoms with Crippen LogP contribution in [0.4, 0.5) is 0 Å². The van der Waals surface area contributed by atoms with Gasteiger partial charge in [-0.1, -0.05) is 35.3 Å². The average molecular weight is 469 g/mol. The van der Waals surface area contributed by atoms with Crippen LogP contribution >= 0.6 is 23.2 Å². The smallest absolute Gasteiger partial charge is 0.279 e. The van der Waals surface area contributed by atoms with Gasteiger partial charge in [-0.2, -0.15) is 0 Å². The number of amides is 1. The van der Waals surface area contributed by atoms with E-state index >= 15 is 0 Å². The van der Waals surface area contributed by atoms with Gasteiger partial charge in [-0.15, -0.1) is 0 Å². The molecule has 0 fully saturated rings. The highest BCUT2D eigenvalue weighted by Crippen LogP contribution is 2.34. The first-order chi connectivity index (χ1) is 15.3. The molecule has 0 radical (unpaired) electrons. The van der Waals surface area contributed by atoms with Crippen molar-refractivity contribution >= 4 is 45.6 Å². The number of aromatic amines is 2. The molecule has 1 aliphatic heterocycles. The number of para-hydroxylation sites is 1. The zero-order chi connectivity index (χ0) is 22.7. The summed E-state index contributed by atoms with van der Waals surface area (Å²) in [6.45, 7) is 2.12. The van der Waals surface area contributed by atoms with Crippen molar-refractivity contribution < 1.29 is 9.90 Å². The second kappa shape index (κ2) is 7.22. The van der Waals surface area contributed by atoms with Gasteiger partial charge in [0.2, 0.25) is 0 Å². The number of aryl methyl sites for hydroxylation is 1. The molecule has 0 saturated carbocycles. The first kappa shape index (κ1) is 20.3. The van der Waals surface area contributed by atoms with Gasteiger partial charge in [0.25, 0.3) is 17.0 Å². The number of nitrogens with one attached hydrogen (secondary N) is 2. The Morgan fingerprint density at radius 2 is 1.72 bits per heavy atom. The van der Waals surface area contributed by atoms with E-state index < -0.39 is 17.0 Å². The van der Waals surface area contributed by atoms with Crippen LogP contribution in [0.15, 0.2) is 51.0 Å². The number of nitrogens with zero attached hydrogens (tertiary/aromatic N) is 2. The number of aromatic nitrogens is 3. The van der Waals surface area contributed by atoms with Crippen LogP contribution < -0.4 is 21.7 Å². The van der Waals surface area contributed by atoms with Crippen LogP contribution in [0, 0.1) is 0 Å². The third-order valence-corrected chi connectivity index (χ3v) is 6.12. The zero-order valence-electron chi connectivity index (χ0n) is 16.5. The standard InChI is InChI=1S/C22H14Cl2N4O4/c1-2-28-12-6-4-3-5-9(12)19(29)16(22(28)32)18-15(21(31)27-26-18)14-13-10(23)7-8-11(24)17(13)25-20(14)30/h3-8,29H,2H2,1H3,(H2,26,27,31). The van der Waals surface area contributed by atoms with E-state index in [-0.39, 0.29) is 48.8 Å². The first-order valence-electron chi connectivity index (χ1n) is 9.62. The van der Waals surface area contributed by atoms with Crippen molar-refractivity contribution in [2.24, 2.45) is 4.99 Å². The molecule has 3 N–H and O–H groups in total. The van der Waals surface area contributed by atoms with E-state index in [9.17, 15) is 19.5 Å². The van der Waals surface area contributed by atoms with Crippen molar-refractivity contribution in [3.05, 3.63) is 83.3 Å². The largest absolute Gasteiger partial charge is 0.506 e. The van der Waals surface area contributed by atoms with E-state index in [1.807, 2.05) is 0 Å². The minimum absolute atomic E-state index is 0.0344. The number of pyridine rings is 1. The Balaban J connectivity index is 1.95. The topological polar surface area (TPSA) is 120 Å². The van der Waals surface area contributed by atoms with Crippen LogP contribution in [0.1, 0.15) is 12.5 Å². The van der Waals surface area contributed by atoms with Crippen molar-refractivity contribution in [2.45, 2.75) is 13.5 Å². The summed E-state index contributed by atoms with van der Waals surface area (Å²) in [4.78, 5) is 43.0. The van der Waals surface area contributed by atoms with Gasteiger partial charge in [-0.3, -0.25) is 24.6 Å². The SMILES string of the molecule is CCn1c(=O)c(-c2[nH][nH]c(=O)c2C2=c3c(Cl)ccc(Cl)c3=NC2=O)c(O)c2ccccc21. The highest BCUT2D eigenvalue weighted by molar-refractivity contribution is 6.35. The molecule has 32 heavy (non-hydrogen) atoms. The lowest BCUT2D eigenvalue weighted by molar-refractivity contribution is -0.112. The third-order valence-electron chi connectivity index (χ3n) is 5.50. The molecular weight excluding hydrogens is 455 g/mol. The Morgan fingerprint density at radius 3 is 2.47 bits per heavy atom. The molecule has 0 bridgehead atoms. The summed E-state index contributed by atoms with van der Waals surface area (Å²) in [5, 5.41) is 17.2. The number of hydrogen-bond acceptors (Lipinski definition) is 4. The molecule has 160 valence electrons. The maximum Gasteiger partial charge on any atom is 0.279 e. The van der Waals surface area contributed by atoms with Gasteiger partial charge in [0.1, 0.15) is 11.3 Å². The minimum Gasteiger partial charge on any atom is -0.506 e. The molecule has 0 aliphatic carbocycles. The van der Waals surface area contributed by atoms with Gasteiger partial charge in [0.15, 0.2) is 0 Å². The van der Waals surface area contributed by atoms with Crippen molar-refractivity contribution in [1.29, 1.82) is 0 Å². The Morgan fingerprint density at radius 1 is 1.00 bits per heavy atom. The molecule has 0 unspecified atom stereocenters. The molecule has 0 atom stereocenters. The third kappa shape index (κ3) is 2.70. The highest BCUT2D eigenvalue weighted by Gasteiger charge is 2.30. The lowest BCUT2D eigenvalue weighted by atomic mass is 9.98. The van der Waals surface area contributed by atoms with Crippen molar-refractivity contribution in [3.8, 4) is 17.0 Å². The van der Waals surface area contributed by atoms with Crippen LogP contribution in [-0.4, -0.2) is 25.8 Å². The highest BCUT2D eigenvalue weighted by atomic mass is 35.5. The molecule has 1 aliphatic rings. The zero-order valence-corrected chi connectivity index (χ0v) is 18.0. The summed E-state index contributed by atoms with van der Waals surface area (Å²) in [5.41, 5.74) is -1.08. The van der Waals surface area contributed by atoms with Crippen LogP contribution in [0.3, 0.4) is 0 Å². The number of carbonyl (C=O) groups excluding carboxylic acids is 1. The number of halogens is 2. The lowest BCUT2D eigenvalue weighted by Crippen LogP contribution is -2.27. The van der Waals surface area contributed by atoms with E-state index in [1.165, 1.54) is 16.7 Å². The maximum absolute atomic E-state index is 13.4. The minimum atomic E-state index is -0.725. The quantitative estimate of drug-likeness (QED) is 0.426. The van der Waals surface area contributed by atoms with Gasteiger partial charge in [0.05, 0.1) is 37.7 Å². The number of hydrogen-bond donors (Lipinski definition) is 3. The lowest BCUT2D eigenvalue weighted by Gasteiger charge is -2.13. The molecule has 0 spiro atoms. The molecule has 3 heterocycles. The van der Waals surface area contributed by atoms with Crippen LogP contribution in [0.2, 0.25) is 10.0 Å². The Bertz CT molecular complexity index is 1710. The summed E-state index contributed by atoms with van der Waals surface area (Å²) in [6.07, 6.45) is 0. The summed E-state index contributed by atoms with van der Waals surface area (Å²) >= 11 is 12.5. The first-order valence-corrected chi connectivity index (χ1v) is 10.4. The maximum atomic E-state index is 13.4. The van der Waals surface area contributed by atoms with Gasteiger partial charge < -0.3 is 9.67 Å². The fourth-order valence-corrected chi connectivity index (χ4v) is 4.54. The van der Waals surface area contributed by atoms with Crippen molar-refractivity contribution in [3.63, 3.8) is 0 Å². The fourth-order valence-electron chi connectivity index (χ4n) is 4.10. The van der Waals surface area contributed by atoms with E-state index in [0.717, 1.165) is 0 Å². The van der Waals surface area contributed by atoms with Crippen molar-refractivity contribution in [1.82, 2.24) is 14.8 Å². The van der Waals surface area contributed by atoms with Gasteiger partial charge >= 0.3 is 0 Å². The second-order valence-electron chi connectivity index (χ2n) is 7.16. The summed E-state index contributed by atoms with van der Waals surface area (Å²) < 4.78 is 1.47. The van der Waals surface area contributed by atoms with E-state index in [2.05, 4.69) is 15.2 Å². The monoisotopic (exact) mass is 468 g/mol. The second-order valence-corrected chi connectivity index (χ2v) is 7.98. The van der Waals surface area contributed by atoms with Crippen molar-refractivity contribution in [2.75, 3.05) is 0 Å². The predicted octanol–water partition coefficient (Wildman–Crippen LogP) is 2.08. The summed E-state index contributed by atoms with van der Waals surface area (Å²) in [7, 11) is 0. The average Bonchev–Trinajstić information content (AvgIpc) is 3.31. The van der Waals surface area contributed by atoms with Crippen LogP contribution in [-0.2, 0) is 11.3 Å². The van der Waals surface area contributed by atoms with E-state index in [0.29, 0.717) is 17.4 Å². The Kier molecular flexibility index (Phi) is 4.58. The number of rotatable bonds is 3. The number of H-pyrrole nitrogens is 2. The van der Waals surface area contributed by atoms with E-state index in [1.54, 1.807) is 31.2 Å². The predicted molar refractivity (Wildman–Crippen MR) is 121 cm³/mol. The number of fused-ring (bicyclic) bond motifs is 2. The van der Waals surface area contributed by atoms with Gasteiger partial charge in [0, 0.05) is 17.1 Å². The molecule has 5 rings (SSSR count).